The second-order valence-corrected chi connectivity index (χ2v) is 8.02. The molecule has 0 aliphatic rings. The Hall–Kier alpha value is -3.38. The topological polar surface area (TPSA) is 73.6 Å². The van der Waals surface area contributed by atoms with Crippen LogP contribution in [0.1, 0.15) is 0 Å². The van der Waals surface area contributed by atoms with E-state index in [0.717, 1.165) is 0 Å². The molecule has 0 bridgehead atoms. The third-order valence-corrected chi connectivity index (χ3v) is 6.27. The first-order valence-electron chi connectivity index (χ1n) is 8.53. The van der Waals surface area contributed by atoms with Crippen LogP contribution in [0, 0.1) is 0 Å². The quantitative estimate of drug-likeness (QED) is 0.484. The number of fused-ring (bicyclic) bond motifs is 1. The lowest BCUT2D eigenvalue weighted by atomic mass is 10.0. The Morgan fingerprint density at radius 1 is 0.821 bits per heavy atom. The maximum atomic E-state index is 13.3. The van der Waals surface area contributed by atoms with Gasteiger partial charge in [-0.15, -0.1) is 0 Å². The Balaban J connectivity index is 2.11. The minimum absolute atomic E-state index is 0.0346. The molecule has 0 amide bonds. The van der Waals surface area contributed by atoms with Gasteiger partial charge in [0.05, 0.1) is 12.0 Å². The van der Waals surface area contributed by atoms with Crippen molar-refractivity contribution in [2.45, 2.75) is 9.79 Å². The van der Waals surface area contributed by atoms with E-state index in [-0.39, 0.29) is 9.79 Å². The van der Waals surface area contributed by atoms with E-state index in [1.807, 2.05) is 0 Å². The summed E-state index contributed by atoms with van der Waals surface area (Å²) in [4.78, 5) is 12.5. The summed E-state index contributed by atoms with van der Waals surface area (Å²) < 4.78 is 37.2. The summed E-state index contributed by atoms with van der Waals surface area (Å²) in [6.07, 6.45) is 0. The lowest BCUT2D eigenvalue weighted by Gasteiger charge is -2.13. The summed E-state index contributed by atoms with van der Waals surface area (Å²) in [6, 6.07) is 21.6. The van der Waals surface area contributed by atoms with Gasteiger partial charge in [-0.25, -0.2) is 13.2 Å². The lowest BCUT2D eigenvalue weighted by molar-refractivity contribution is 0.415. The zero-order chi connectivity index (χ0) is 19.7. The molecule has 0 saturated heterocycles. The van der Waals surface area contributed by atoms with Gasteiger partial charge in [0, 0.05) is 10.9 Å². The first kappa shape index (κ1) is 18.0. The van der Waals surface area contributed by atoms with E-state index in [1.54, 1.807) is 73.8 Å². The van der Waals surface area contributed by atoms with Gasteiger partial charge < -0.3 is 9.15 Å². The average molecular weight is 392 g/mol. The van der Waals surface area contributed by atoms with Gasteiger partial charge in [-0.2, -0.15) is 0 Å². The summed E-state index contributed by atoms with van der Waals surface area (Å²) in [5, 5.41) is 0.543. The molecule has 140 valence electrons. The predicted octanol–water partition coefficient (Wildman–Crippen LogP) is 4.30. The van der Waals surface area contributed by atoms with E-state index >= 15 is 0 Å². The largest absolute Gasteiger partial charge is 0.497 e. The molecule has 1 heterocycles. The fourth-order valence-corrected chi connectivity index (χ4v) is 4.65. The van der Waals surface area contributed by atoms with E-state index < -0.39 is 15.5 Å². The molecule has 0 spiro atoms. The van der Waals surface area contributed by atoms with Crippen LogP contribution < -0.4 is 10.4 Å². The maximum absolute atomic E-state index is 13.3. The third-order valence-electron chi connectivity index (χ3n) is 4.47. The first-order valence-corrected chi connectivity index (χ1v) is 10.0. The number of benzene rings is 3. The Morgan fingerprint density at radius 2 is 1.46 bits per heavy atom. The van der Waals surface area contributed by atoms with Crippen molar-refractivity contribution in [2.24, 2.45) is 0 Å². The Labute approximate surface area is 161 Å². The highest BCUT2D eigenvalue weighted by atomic mass is 32.2. The van der Waals surface area contributed by atoms with Crippen LogP contribution in [0.4, 0.5) is 0 Å². The van der Waals surface area contributed by atoms with Gasteiger partial charge in [0.2, 0.25) is 9.84 Å². The highest BCUT2D eigenvalue weighted by Gasteiger charge is 2.29. The molecule has 0 atom stereocenters. The van der Waals surface area contributed by atoms with Crippen LogP contribution in [0.25, 0.3) is 22.1 Å². The molecule has 0 unspecified atom stereocenters. The van der Waals surface area contributed by atoms with Crippen LogP contribution in [0.3, 0.4) is 0 Å². The van der Waals surface area contributed by atoms with Crippen LogP contribution in [-0.4, -0.2) is 15.5 Å². The molecule has 4 rings (SSSR count). The van der Waals surface area contributed by atoms with E-state index in [1.165, 1.54) is 12.1 Å². The van der Waals surface area contributed by atoms with Crippen LogP contribution in [-0.2, 0) is 9.84 Å². The second-order valence-electron chi connectivity index (χ2n) is 6.13. The van der Waals surface area contributed by atoms with Crippen molar-refractivity contribution in [1.29, 1.82) is 0 Å². The van der Waals surface area contributed by atoms with Crippen molar-refractivity contribution in [3.8, 4) is 16.9 Å². The van der Waals surface area contributed by atoms with Gasteiger partial charge in [-0.3, -0.25) is 0 Å². The molecule has 0 fully saturated rings. The monoisotopic (exact) mass is 392 g/mol. The van der Waals surface area contributed by atoms with Crippen molar-refractivity contribution in [1.82, 2.24) is 0 Å². The van der Waals surface area contributed by atoms with Crippen LogP contribution in [0.5, 0.6) is 5.75 Å². The fourth-order valence-electron chi connectivity index (χ4n) is 3.14. The van der Waals surface area contributed by atoms with Gasteiger partial charge in [0.1, 0.15) is 11.3 Å². The number of methoxy groups -OCH3 is 1. The molecule has 0 saturated carbocycles. The van der Waals surface area contributed by atoms with Gasteiger partial charge in [-0.1, -0.05) is 48.5 Å². The zero-order valence-electron chi connectivity index (χ0n) is 15.0. The standard InChI is InChI=1S/C22H16O5S/c1-26-16-13-11-15(12-14-16)20-18-9-5-6-10-19(18)27-22(23)21(20)28(24,25)17-7-3-2-4-8-17/h2-14H,1H3. The molecule has 3 aromatic carbocycles. The zero-order valence-corrected chi connectivity index (χ0v) is 15.8. The minimum atomic E-state index is -4.09. The van der Waals surface area contributed by atoms with Gasteiger partial charge in [-0.05, 0) is 35.9 Å². The minimum Gasteiger partial charge on any atom is -0.497 e. The summed E-state index contributed by atoms with van der Waals surface area (Å²) >= 11 is 0. The number of hydrogen-bond donors (Lipinski definition) is 0. The van der Waals surface area contributed by atoms with E-state index in [2.05, 4.69) is 0 Å². The predicted molar refractivity (Wildman–Crippen MR) is 106 cm³/mol. The molecule has 4 aromatic rings. The van der Waals surface area contributed by atoms with Gasteiger partial charge in [0.25, 0.3) is 0 Å². The average Bonchev–Trinajstić information content (AvgIpc) is 2.73. The number of ether oxygens (including phenoxy) is 1. The molecular weight excluding hydrogens is 376 g/mol. The second kappa shape index (κ2) is 6.98. The molecule has 28 heavy (non-hydrogen) atoms. The fraction of sp³-hybridized carbons (Fsp3) is 0.0455. The third kappa shape index (κ3) is 2.97. The molecule has 6 heteroatoms. The maximum Gasteiger partial charge on any atom is 0.356 e. The summed E-state index contributed by atoms with van der Waals surface area (Å²) in [6.45, 7) is 0. The van der Waals surface area contributed by atoms with Crippen molar-refractivity contribution < 1.29 is 17.6 Å². The first-order chi connectivity index (χ1) is 13.5. The van der Waals surface area contributed by atoms with E-state index in [0.29, 0.717) is 27.8 Å². The van der Waals surface area contributed by atoms with Gasteiger partial charge in [0.15, 0.2) is 4.90 Å². The normalized spacial score (nSPS) is 11.5. The summed E-state index contributed by atoms with van der Waals surface area (Å²) in [7, 11) is -2.54. The number of rotatable bonds is 4. The lowest BCUT2D eigenvalue weighted by Crippen LogP contribution is -2.16. The van der Waals surface area contributed by atoms with Gasteiger partial charge >= 0.3 is 5.63 Å². The highest BCUT2D eigenvalue weighted by Crippen LogP contribution is 2.35. The van der Waals surface area contributed by atoms with Crippen molar-refractivity contribution in [2.75, 3.05) is 7.11 Å². The summed E-state index contributed by atoms with van der Waals surface area (Å²) in [5.74, 6) is 0.628. The van der Waals surface area contributed by atoms with Crippen molar-refractivity contribution in [3.63, 3.8) is 0 Å². The molecule has 0 radical (unpaired) electrons. The molecular formula is C22H16O5S. The highest BCUT2D eigenvalue weighted by molar-refractivity contribution is 7.91. The molecule has 0 aliphatic carbocycles. The van der Waals surface area contributed by atoms with Crippen LogP contribution in [0.2, 0.25) is 0 Å². The summed E-state index contributed by atoms with van der Waals surface area (Å²) in [5.41, 5.74) is 0.330. The van der Waals surface area contributed by atoms with E-state index in [4.69, 9.17) is 9.15 Å². The van der Waals surface area contributed by atoms with E-state index in [9.17, 15) is 13.2 Å². The Kier molecular flexibility index (Phi) is 4.49. The molecule has 1 aromatic heterocycles. The molecule has 0 N–H and O–H groups in total. The SMILES string of the molecule is COc1ccc(-c2c(S(=O)(=O)c3ccccc3)c(=O)oc3ccccc23)cc1. The number of sulfone groups is 1. The smallest absolute Gasteiger partial charge is 0.356 e. The Morgan fingerprint density at radius 3 is 2.14 bits per heavy atom. The Bertz CT molecular complexity index is 1300. The molecule has 5 nitrogen and oxygen atoms in total. The number of hydrogen-bond acceptors (Lipinski definition) is 5. The van der Waals surface area contributed by atoms with Crippen molar-refractivity contribution >= 4 is 20.8 Å². The van der Waals surface area contributed by atoms with Crippen molar-refractivity contribution in [3.05, 3.63) is 89.3 Å². The van der Waals surface area contributed by atoms with Crippen LogP contribution in [0.15, 0.2) is 97.9 Å². The molecule has 0 aliphatic heterocycles. The van der Waals surface area contributed by atoms with Crippen LogP contribution >= 0.6 is 0 Å². The number of para-hydroxylation sites is 1.